The number of rotatable bonds is 1. The second kappa shape index (κ2) is 2.69. The highest BCUT2D eigenvalue weighted by Gasteiger charge is 1.90. The maximum absolute atomic E-state index is 5.62. The van der Waals surface area contributed by atoms with Crippen molar-refractivity contribution in [1.82, 2.24) is 9.07 Å². The molecule has 0 N–H and O–H groups in total. The van der Waals surface area contributed by atoms with Gasteiger partial charge in [0.1, 0.15) is 5.82 Å². The lowest BCUT2D eigenvalue weighted by atomic mass is 10.5. The standard InChI is InChI=1S/C6H7ClN2/c1-2-3-6-8-4-5-9(6)7/h2-5H,1H3. The van der Waals surface area contributed by atoms with Crippen LogP contribution in [0, 0.1) is 0 Å². The van der Waals surface area contributed by atoms with Gasteiger partial charge < -0.3 is 0 Å². The Balaban J connectivity index is 2.94. The van der Waals surface area contributed by atoms with Crippen LogP contribution < -0.4 is 0 Å². The molecule has 1 aromatic rings. The fraction of sp³-hybridized carbons (Fsp3) is 0.167. The molecule has 0 atom stereocenters. The molecule has 0 unspecified atom stereocenters. The second-order valence-electron chi connectivity index (χ2n) is 1.60. The third kappa shape index (κ3) is 1.33. The van der Waals surface area contributed by atoms with Gasteiger partial charge in [0.2, 0.25) is 0 Å². The fourth-order valence-corrected chi connectivity index (χ4v) is 0.713. The molecule has 1 rings (SSSR count). The van der Waals surface area contributed by atoms with Gasteiger partial charge in [-0.25, -0.2) is 9.07 Å². The van der Waals surface area contributed by atoms with Crippen molar-refractivity contribution in [3.63, 3.8) is 0 Å². The van der Waals surface area contributed by atoms with Crippen LogP contribution in [0.3, 0.4) is 0 Å². The van der Waals surface area contributed by atoms with Crippen molar-refractivity contribution < 1.29 is 0 Å². The summed E-state index contributed by atoms with van der Waals surface area (Å²) in [6, 6.07) is 0. The molecule has 0 spiro atoms. The van der Waals surface area contributed by atoms with Crippen LogP contribution >= 0.6 is 11.8 Å². The molecule has 0 fully saturated rings. The normalized spacial score (nSPS) is 10.9. The van der Waals surface area contributed by atoms with Crippen LogP contribution in [0.15, 0.2) is 18.5 Å². The smallest absolute Gasteiger partial charge is 0.146 e. The summed E-state index contributed by atoms with van der Waals surface area (Å²) in [4.78, 5) is 3.95. The largest absolute Gasteiger partial charge is 0.242 e. The van der Waals surface area contributed by atoms with Crippen molar-refractivity contribution in [3.8, 4) is 0 Å². The van der Waals surface area contributed by atoms with Gasteiger partial charge in [0.05, 0.1) is 0 Å². The van der Waals surface area contributed by atoms with E-state index in [0.717, 1.165) is 5.82 Å². The van der Waals surface area contributed by atoms with E-state index in [0.29, 0.717) is 0 Å². The maximum Gasteiger partial charge on any atom is 0.146 e. The molecule has 0 aromatic carbocycles. The Labute approximate surface area is 58.9 Å². The zero-order valence-electron chi connectivity index (χ0n) is 5.08. The number of halogens is 1. The summed E-state index contributed by atoms with van der Waals surface area (Å²) in [6.45, 7) is 1.92. The van der Waals surface area contributed by atoms with Crippen molar-refractivity contribution in [1.29, 1.82) is 0 Å². The summed E-state index contributed by atoms with van der Waals surface area (Å²) >= 11 is 5.62. The molecule has 3 heteroatoms. The summed E-state index contributed by atoms with van der Waals surface area (Å²) in [5.41, 5.74) is 0. The Morgan fingerprint density at radius 3 is 3.00 bits per heavy atom. The fourth-order valence-electron chi connectivity index (χ4n) is 0.563. The Morgan fingerprint density at radius 2 is 2.56 bits per heavy atom. The quantitative estimate of drug-likeness (QED) is 0.586. The molecule has 0 saturated carbocycles. The van der Waals surface area contributed by atoms with E-state index in [1.165, 1.54) is 4.09 Å². The minimum atomic E-state index is 0.763. The molecule has 1 heterocycles. The van der Waals surface area contributed by atoms with Crippen molar-refractivity contribution in [2.75, 3.05) is 0 Å². The van der Waals surface area contributed by atoms with E-state index in [1.807, 2.05) is 19.1 Å². The predicted molar refractivity (Wildman–Crippen MR) is 38.2 cm³/mol. The first-order valence-corrected chi connectivity index (χ1v) is 3.00. The summed E-state index contributed by atoms with van der Waals surface area (Å²) in [6.07, 6.45) is 7.08. The van der Waals surface area contributed by atoms with Gasteiger partial charge >= 0.3 is 0 Å². The first-order chi connectivity index (χ1) is 4.34. The number of aromatic nitrogens is 2. The first-order valence-electron chi connectivity index (χ1n) is 2.67. The van der Waals surface area contributed by atoms with Crippen LogP contribution in [0.2, 0.25) is 0 Å². The van der Waals surface area contributed by atoms with Crippen LogP contribution in [0.5, 0.6) is 0 Å². The van der Waals surface area contributed by atoms with E-state index >= 15 is 0 Å². The molecule has 0 aliphatic heterocycles. The zero-order valence-corrected chi connectivity index (χ0v) is 5.84. The molecular weight excluding hydrogens is 136 g/mol. The van der Waals surface area contributed by atoms with Crippen molar-refractivity contribution in [2.45, 2.75) is 6.92 Å². The Kier molecular flexibility index (Phi) is 1.90. The average Bonchev–Trinajstić information content (AvgIpc) is 2.18. The van der Waals surface area contributed by atoms with Crippen molar-refractivity contribution >= 4 is 17.9 Å². The SMILES string of the molecule is CC=Cc1nccn1Cl. The molecule has 48 valence electrons. The topological polar surface area (TPSA) is 17.8 Å². The van der Waals surface area contributed by atoms with Crippen LogP contribution in [0.4, 0.5) is 0 Å². The van der Waals surface area contributed by atoms with E-state index in [-0.39, 0.29) is 0 Å². The summed E-state index contributed by atoms with van der Waals surface area (Å²) < 4.78 is 1.44. The number of hydrogen-bond acceptors (Lipinski definition) is 1. The van der Waals surface area contributed by atoms with Crippen LogP contribution in [0.25, 0.3) is 6.08 Å². The van der Waals surface area contributed by atoms with E-state index in [9.17, 15) is 0 Å². The van der Waals surface area contributed by atoms with Crippen molar-refractivity contribution in [3.05, 3.63) is 24.3 Å². The third-order valence-corrected chi connectivity index (χ3v) is 1.22. The maximum atomic E-state index is 5.62. The van der Waals surface area contributed by atoms with Crippen molar-refractivity contribution in [2.24, 2.45) is 0 Å². The molecule has 0 saturated heterocycles. The molecule has 0 aliphatic rings. The highest BCUT2D eigenvalue weighted by atomic mass is 35.5. The minimum Gasteiger partial charge on any atom is -0.242 e. The van der Waals surface area contributed by atoms with E-state index in [2.05, 4.69) is 4.98 Å². The molecule has 9 heavy (non-hydrogen) atoms. The highest BCUT2D eigenvalue weighted by Crippen LogP contribution is 2.00. The predicted octanol–water partition coefficient (Wildman–Crippen LogP) is 1.92. The third-order valence-electron chi connectivity index (χ3n) is 0.939. The minimum absolute atomic E-state index is 0.763. The lowest BCUT2D eigenvalue weighted by molar-refractivity contribution is 1.17. The summed E-state index contributed by atoms with van der Waals surface area (Å²) in [5.74, 6) is 0.763. The molecule has 0 aliphatic carbocycles. The molecular formula is C6H7ClN2. The monoisotopic (exact) mass is 142 g/mol. The van der Waals surface area contributed by atoms with E-state index in [4.69, 9.17) is 11.8 Å². The van der Waals surface area contributed by atoms with E-state index in [1.54, 1.807) is 12.4 Å². The van der Waals surface area contributed by atoms with Gasteiger partial charge in [-0.1, -0.05) is 6.08 Å². The second-order valence-corrected chi connectivity index (χ2v) is 1.96. The molecule has 2 nitrogen and oxygen atoms in total. The molecule has 1 aromatic heterocycles. The Morgan fingerprint density at radius 1 is 1.78 bits per heavy atom. The zero-order chi connectivity index (χ0) is 6.69. The highest BCUT2D eigenvalue weighted by molar-refractivity contribution is 6.16. The van der Waals surface area contributed by atoms with Gasteiger partial charge in [0, 0.05) is 24.2 Å². The Bertz CT molecular complexity index is 215. The van der Waals surface area contributed by atoms with Gasteiger partial charge in [-0.2, -0.15) is 0 Å². The lowest BCUT2D eigenvalue weighted by Gasteiger charge is -1.86. The Hall–Kier alpha value is -0.760. The van der Waals surface area contributed by atoms with Gasteiger partial charge in [0.25, 0.3) is 0 Å². The van der Waals surface area contributed by atoms with Gasteiger partial charge in [-0.05, 0) is 13.0 Å². The summed E-state index contributed by atoms with van der Waals surface area (Å²) in [5, 5.41) is 0. The first kappa shape index (κ1) is 6.36. The average molecular weight is 143 g/mol. The molecule has 0 radical (unpaired) electrons. The number of imidazole rings is 1. The molecule has 0 bridgehead atoms. The summed E-state index contributed by atoms with van der Waals surface area (Å²) in [7, 11) is 0. The number of allylic oxidation sites excluding steroid dienone is 1. The number of nitrogens with zero attached hydrogens (tertiary/aromatic N) is 2. The van der Waals surface area contributed by atoms with Crippen LogP contribution in [0.1, 0.15) is 12.7 Å². The van der Waals surface area contributed by atoms with Crippen LogP contribution in [-0.4, -0.2) is 9.07 Å². The van der Waals surface area contributed by atoms with Gasteiger partial charge in [-0.15, -0.1) is 0 Å². The van der Waals surface area contributed by atoms with Crippen LogP contribution in [-0.2, 0) is 0 Å². The van der Waals surface area contributed by atoms with Gasteiger partial charge in [0.15, 0.2) is 0 Å². The van der Waals surface area contributed by atoms with Gasteiger partial charge in [-0.3, -0.25) is 0 Å². The lowest BCUT2D eigenvalue weighted by Crippen LogP contribution is -1.80. The van der Waals surface area contributed by atoms with E-state index < -0.39 is 0 Å². The number of hydrogen-bond donors (Lipinski definition) is 0. The molecule has 0 amide bonds.